The third-order valence-corrected chi connectivity index (χ3v) is 11.2. The van der Waals surface area contributed by atoms with Gasteiger partial charge in [0, 0.05) is 0 Å². The molecule has 0 aliphatic heterocycles. The molecule has 43 heavy (non-hydrogen) atoms. The SMILES string of the molecule is O=S(=O)(OCC12CC3(COS(=O)(=O)C(F)(F)F)CC(COS(=O)(=O)C(F)(F)F)(C1)CC(c1ccccc1)(C2)C3)C(F)(F)F. The minimum absolute atomic E-state index is 0.182. The zero-order valence-corrected chi connectivity index (χ0v) is 24.0. The van der Waals surface area contributed by atoms with E-state index in [1.54, 1.807) is 6.07 Å². The minimum atomic E-state index is -6.23. The minimum Gasteiger partial charge on any atom is -0.263 e. The number of hydrogen-bond acceptors (Lipinski definition) is 9. The van der Waals surface area contributed by atoms with E-state index < -0.39 is 108 Å². The summed E-state index contributed by atoms with van der Waals surface area (Å²) in [6, 6.07) is 7.61. The molecule has 0 atom stereocenters. The molecule has 0 heterocycles. The summed E-state index contributed by atoms with van der Waals surface area (Å²) in [7, 11) is -18.7. The molecule has 1 aromatic carbocycles. The Kier molecular flexibility index (Phi) is 8.08. The predicted octanol–water partition coefficient (Wildman–Crippen LogP) is 4.86. The molecule has 21 heteroatoms. The number of rotatable bonds is 10. The van der Waals surface area contributed by atoms with Gasteiger partial charge in [0.05, 0.1) is 19.8 Å². The summed E-state index contributed by atoms with van der Waals surface area (Å²) in [6.45, 7) is -3.74. The van der Waals surface area contributed by atoms with Gasteiger partial charge in [0.15, 0.2) is 0 Å². The van der Waals surface area contributed by atoms with Crippen molar-refractivity contribution < 1.29 is 77.3 Å². The Bertz CT molecular complexity index is 1390. The molecule has 4 aliphatic carbocycles. The van der Waals surface area contributed by atoms with Crippen LogP contribution in [0.25, 0.3) is 0 Å². The fourth-order valence-electron chi connectivity index (χ4n) is 7.66. The molecule has 4 fully saturated rings. The third-order valence-electron chi connectivity index (χ3n) is 8.19. The van der Waals surface area contributed by atoms with Gasteiger partial charge in [-0.05, 0) is 65.7 Å². The van der Waals surface area contributed by atoms with Crippen LogP contribution in [-0.4, -0.2) is 61.6 Å². The predicted molar refractivity (Wildman–Crippen MR) is 126 cm³/mol. The molecule has 246 valence electrons. The van der Waals surface area contributed by atoms with E-state index in [4.69, 9.17) is 0 Å². The normalized spacial score (nSPS) is 31.8. The average Bonchev–Trinajstić information content (AvgIpc) is 2.83. The van der Waals surface area contributed by atoms with Crippen LogP contribution in [0.2, 0.25) is 0 Å². The number of halogens is 9. The molecule has 0 aromatic heterocycles. The Labute approximate surface area is 240 Å². The molecule has 0 unspecified atom stereocenters. The van der Waals surface area contributed by atoms with E-state index in [-0.39, 0.29) is 19.3 Å². The van der Waals surface area contributed by atoms with Crippen LogP contribution in [0.1, 0.15) is 44.1 Å². The number of benzene rings is 1. The second-order valence-electron chi connectivity index (χ2n) is 11.7. The van der Waals surface area contributed by atoms with Gasteiger partial charge < -0.3 is 0 Å². The van der Waals surface area contributed by atoms with Gasteiger partial charge in [-0.15, -0.1) is 0 Å². The summed E-state index contributed by atoms with van der Waals surface area (Å²) in [5.41, 5.74) is -23.8. The first-order valence-electron chi connectivity index (χ1n) is 12.1. The van der Waals surface area contributed by atoms with Crippen molar-refractivity contribution in [2.75, 3.05) is 19.8 Å². The molecular weight excluding hydrogens is 675 g/mol. The van der Waals surface area contributed by atoms with Gasteiger partial charge >= 0.3 is 46.9 Å². The molecule has 0 amide bonds. The number of alkyl halides is 9. The zero-order valence-electron chi connectivity index (χ0n) is 21.6. The Balaban J connectivity index is 1.84. The maximum absolute atomic E-state index is 13.1. The lowest BCUT2D eigenvalue weighted by Gasteiger charge is -2.70. The van der Waals surface area contributed by atoms with E-state index in [0.717, 1.165) is 0 Å². The van der Waals surface area contributed by atoms with Crippen LogP contribution in [0.4, 0.5) is 39.5 Å². The maximum Gasteiger partial charge on any atom is 0.523 e. The van der Waals surface area contributed by atoms with E-state index in [0.29, 0.717) is 5.56 Å². The van der Waals surface area contributed by atoms with Crippen LogP contribution >= 0.6 is 0 Å². The van der Waals surface area contributed by atoms with E-state index in [2.05, 4.69) is 12.5 Å². The second kappa shape index (κ2) is 10.2. The van der Waals surface area contributed by atoms with Crippen LogP contribution in [0.3, 0.4) is 0 Å². The Morgan fingerprint density at radius 1 is 0.512 bits per heavy atom. The first kappa shape index (κ1) is 34.2. The third kappa shape index (κ3) is 6.38. The Morgan fingerprint density at radius 2 is 0.791 bits per heavy atom. The molecule has 5 rings (SSSR count). The van der Waals surface area contributed by atoms with Crippen molar-refractivity contribution in [2.24, 2.45) is 16.2 Å². The zero-order chi connectivity index (χ0) is 32.6. The molecule has 9 nitrogen and oxygen atoms in total. The van der Waals surface area contributed by atoms with Gasteiger partial charge in [-0.2, -0.15) is 64.8 Å². The van der Waals surface area contributed by atoms with E-state index >= 15 is 0 Å². The van der Waals surface area contributed by atoms with Crippen molar-refractivity contribution in [1.29, 1.82) is 0 Å². The summed E-state index contributed by atoms with van der Waals surface area (Å²) in [5.74, 6) is 0. The van der Waals surface area contributed by atoms with Crippen LogP contribution in [0.5, 0.6) is 0 Å². The summed E-state index contributed by atoms with van der Waals surface area (Å²) in [4.78, 5) is 0. The molecular formula is C22H23F9O9S3. The monoisotopic (exact) mass is 698 g/mol. The smallest absolute Gasteiger partial charge is 0.263 e. The lowest BCUT2D eigenvalue weighted by molar-refractivity contribution is -0.202. The van der Waals surface area contributed by atoms with Crippen LogP contribution in [0, 0.1) is 16.2 Å². The van der Waals surface area contributed by atoms with E-state index in [1.807, 2.05) is 0 Å². The van der Waals surface area contributed by atoms with Gasteiger partial charge in [-0.1, -0.05) is 30.3 Å². The molecule has 4 bridgehead atoms. The van der Waals surface area contributed by atoms with E-state index in [9.17, 15) is 64.8 Å². The van der Waals surface area contributed by atoms with Crippen molar-refractivity contribution >= 4 is 30.4 Å². The molecule has 4 aliphatic rings. The van der Waals surface area contributed by atoms with Gasteiger partial charge in [0.2, 0.25) is 0 Å². The van der Waals surface area contributed by atoms with Crippen LogP contribution < -0.4 is 0 Å². The summed E-state index contributed by atoms with van der Waals surface area (Å²) >= 11 is 0. The summed E-state index contributed by atoms with van der Waals surface area (Å²) in [6.07, 6.45) is -1.91. The van der Waals surface area contributed by atoms with Crippen molar-refractivity contribution in [3.8, 4) is 0 Å². The largest absolute Gasteiger partial charge is 0.523 e. The van der Waals surface area contributed by atoms with Gasteiger partial charge in [0.1, 0.15) is 0 Å². The standard InChI is InChI=1S/C22H23F9O9S3/c23-20(24,25)41(32,33)38-12-16-6-17(13-39-42(34,35)21(26,27)28)8-18(7-16,14-40-43(36,37)22(29,30)31)11-19(9-16,10-17)15-4-2-1-3-5-15/h1-5H,6-14H2. The van der Waals surface area contributed by atoms with Gasteiger partial charge in [-0.3, -0.25) is 12.5 Å². The average molecular weight is 699 g/mol. The molecule has 0 saturated heterocycles. The van der Waals surface area contributed by atoms with Gasteiger partial charge in [-0.25, -0.2) is 0 Å². The fraction of sp³-hybridized carbons (Fsp3) is 0.727. The molecule has 0 spiro atoms. The highest BCUT2D eigenvalue weighted by Crippen LogP contribution is 2.74. The van der Waals surface area contributed by atoms with Crippen molar-refractivity contribution in [2.45, 2.75) is 60.5 Å². The topological polar surface area (TPSA) is 130 Å². The molecule has 0 radical (unpaired) electrons. The Hall–Kier alpha value is -1.68. The summed E-state index contributed by atoms with van der Waals surface area (Å²) < 4.78 is 202. The first-order chi connectivity index (χ1) is 19.2. The second-order valence-corrected chi connectivity index (χ2v) is 16.5. The van der Waals surface area contributed by atoms with E-state index in [1.165, 1.54) is 24.3 Å². The number of hydrogen-bond donors (Lipinski definition) is 0. The molecule has 4 saturated carbocycles. The maximum atomic E-state index is 13.1. The van der Waals surface area contributed by atoms with Crippen molar-refractivity contribution in [3.63, 3.8) is 0 Å². The quantitative estimate of drug-likeness (QED) is 0.191. The highest BCUT2D eigenvalue weighted by Gasteiger charge is 2.70. The molecule has 0 N–H and O–H groups in total. The first-order valence-corrected chi connectivity index (χ1v) is 16.4. The summed E-state index contributed by atoms with van der Waals surface area (Å²) in [5, 5.41) is 0. The lowest BCUT2D eigenvalue weighted by Crippen LogP contribution is -2.66. The fourth-order valence-corrected chi connectivity index (χ4v) is 9.27. The van der Waals surface area contributed by atoms with Crippen molar-refractivity contribution in [3.05, 3.63) is 35.9 Å². The highest BCUT2D eigenvalue weighted by molar-refractivity contribution is 7.88. The van der Waals surface area contributed by atoms with Gasteiger partial charge in [0.25, 0.3) is 0 Å². The van der Waals surface area contributed by atoms with Crippen LogP contribution in [0.15, 0.2) is 30.3 Å². The Morgan fingerprint density at radius 3 is 1.05 bits per heavy atom. The molecule has 1 aromatic rings. The highest BCUT2D eigenvalue weighted by atomic mass is 32.2. The van der Waals surface area contributed by atoms with Crippen LogP contribution in [-0.2, 0) is 48.3 Å². The van der Waals surface area contributed by atoms with Crippen molar-refractivity contribution in [1.82, 2.24) is 0 Å². The lowest BCUT2D eigenvalue weighted by atomic mass is 9.35.